The van der Waals surface area contributed by atoms with E-state index in [1.54, 1.807) is 18.4 Å². The van der Waals surface area contributed by atoms with Crippen molar-refractivity contribution in [2.45, 2.75) is 13.5 Å². The fourth-order valence-corrected chi connectivity index (χ4v) is 2.30. The summed E-state index contributed by atoms with van der Waals surface area (Å²) in [6.45, 7) is 2.56. The molecule has 0 aliphatic heterocycles. The lowest BCUT2D eigenvalue weighted by Crippen LogP contribution is -1.97. The molecule has 0 saturated carbocycles. The van der Waals surface area contributed by atoms with Crippen LogP contribution in [-0.4, -0.2) is 12.1 Å². The Labute approximate surface area is 98.9 Å². The SMILES string of the molecule is COc1ccc(C)cc1-c1ncsc1CN. The third-order valence-corrected chi connectivity index (χ3v) is 3.29. The first-order valence-electron chi connectivity index (χ1n) is 5.03. The van der Waals surface area contributed by atoms with Crippen LogP contribution in [0.4, 0.5) is 0 Å². The number of thiazole rings is 1. The molecule has 0 radical (unpaired) electrons. The maximum Gasteiger partial charge on any atom is 0.128 e. The molecule has 0 bridgehead atoms. The van der Waals surface area contributed by atoms with E-state index in [9.17, 15) is 0 Å². The molecule has 2 rings (SSSR count). The third-order valence-electron chi connectivity index (χ3n) is 2.44. The fraction of sp³-hybridized carbons (Fsp3) is 0.250. The van der Waals surface area contributed by atoms with Crippen molar-refractivity contribution >= 4 is 11.3 Å². The lowest BCUT2D eigenvalue weighted by molar-refractivity contribution is 0.416. The summed E-state index contributed by atoms with van der Waals surface area (Å²) in [4.78, 5) is 5.45. The van der Waals surface area contributed by atoms with Crippen molar-refractivity contribution < 1.29 is 4.74 Å². The fourth-order valence-electron chi connectivity index (χ4n) is 1.64. The predicted octanol–water partition coefficient (Wildman–Crippen LogP) is 2.59. The van der Waals surface area contributed by atoms with Crippen molar-refractivity contribution in [1.82, 2.24) is 4.98 Å². The molecule has 1 heterocycles. The van der Waals surface area contributed by atoms with E-state index in [1.807, 2.05) is 17.6 Å². The van der Waals surface area contributed by atoms with E-state index in [2.05, 4.69) is 18.0 Å². The van der Waals surface area contributed by atoms with Gasteiger partial charge in [0, 0.05) is 17.0 Å². The van der Waals surface area contributed by atoms with Gasteiger partial charge >= 0.3 is 0 Å². The number of ether oxygens (including phenoxy) is 1. The second-order valence-corrected chi connectivity index (χ2v) is 4.47. The minimum Gasteiger partial charge on any atom is -0.496 e. The maximum atomic E-state index is 5.69. The molecule has 0 fully saturated rings. The summed E-state index contributed by atoms with van der Waals surface area (Å²) >= 11 is 1.58. The van der Waals surface area contributed by atoms with Crippen LogP contribution in [0.1, 0.15) is 10.4 Å². The molecule has 1 aromatic carbocycles. The first kappa shape index (κ1) is 11.1. The van der Waals surface area contributed by atoms with Gasteiger partial charge in [-0.15, -0.1) is 11.3 Å². The summed E-state index contributed by atoms with van der Waals surface area (Å²) in [6, 6.07) is 6.06. The molecule has 16 heavy (non-hydrogen) atoms. The summed E-state index contributed by atoms with van der Waals surface area (Å²) < 4.78 is 5.35. The summed E-state index contributed by atoms with van der Waals surface area (Å²) in [5, 5.41) is 0. The van der Waals surface area contributed by atoms with Crippen LogP contribution in [0.2, 0.25) is 0 Å². The standard InChI is InChI=1S/C12H14N2OS/c1-8-3-4-10(15-2)9(5-8)12-11(6-13)16-7-14-12/h3-5,7H,6,13H2,1-2H3. The number of hydrogen-bond donors (Lipinski definition) is 1. The molecular weight excluding hydrogens is 220 g/mol. The number of nitrogens with zero attached hydrogens (tertiary/aromatic N) is 1. The predicted molar refractivity (Wildman–Crippen MR) is 66.7 cm³/mol. The van der Waals surface area contributed by atoms with E-state index in [4.69, 9.17) is 10.5 Å². The van der Waals surface area contributed by atoms with E-state index in [1.165, 1.54) is 5.56 Å². The minimum atomic E-state index is 0.511. The highest BCUT2D eigenvalue weighted by Crippen LogP contribution is 2.33. The monoisotopic (exact) mass is 234 g/mol. The smallest absolute Gasteiger partial charge is 0.128 e. The molecule has 84 valence electrons. The van der Waals surface area contributed by atoms with Crippen LogP contribution in [0.15, 0.2) is 23.7 Å². The van der Waals surface area contributed by atoms with Gasteiger partial charge in [-0.05, 0) is 19.1 Å². The number of benzene rings is 1. The van der Waals surface area contributed by atoms with Crippen molar-refractivity contribution in [3.8, 4) is 17.0 Å². The van der Waals surface area contributed by atoms with Crippen molar-refractivity contribution in [3.63, 3.8) is 0 Å². The lowest BCUT2D eigenvalue weighted by atomic mass is 10.1. The van der Waals surface area contributed by atoms with Crippen molar-refractivity contribution in [3.05, 3.63) is 34.2 Å². The summed E-state index contributed by atoms with van der Waals surface area (Å²) in [5.41, 5.74) is 10.7. The Morgan fingerprint density at radius 3 is 2.94 bits per heavy atom. The molecule has 3 nitrogen and oxygen atoms in total. The van der Waals surface area contributed by atoms with Gasteiger partial charge in [0.25, 0.3) is 0 Å². The Morgan fingerprint density at radius 1 is 1.44 bits per heavy atom. The second kappa shape index (κ2) is 4.63. The zero-order valence-corrected chi connectivity index (χ0v) is 10.2. The number of aryl methyl sites for hydroxylation is 1. The number of aromatic nitrogens is 1. The number of hydrogen-bond acceptors (Lipinski definition) is 4. The minimum absolute atomic E-state index is 0.511. The van der Waals surface area contributed by atoms with E-state index in [0.717, 1.165) is 21.9 Å². The highest BCUT2D eigenvalue weighted by molar-refractivity contribution is 7.10. The zero-order chi connectivity index (χ0) is 11.5. The van der Waals surface area contributed by atoms with Crippen LogP contribution < -0.4 is 10.5 Å². The van der Waals surface area contributed by atoms with Gasteiger partial charge in [-0.1, -0.05) is 11.6 Å². The summed E-state index contributed by atoms with van der Waals surface area (Å²) in [6.07, 6.45) is 0. The first-order valence-corrected chi connectivity index (χ1v) is 5.91. The second-order valence-electron chi connectivity index (χ2n) is 3.53. The van der Waals surface area contributed by atoms with Crippen molar-refractivity contribution in [1.29, 1.82) is 0 Å². The lowest BCUT2D eigenvalue weighted by Gasteiger charge is -2.08. The Balaban J connectivity index is 2.58. The zero-order valence-electron chi connectivity index (χ0n) is 9.36. The maximum absolute atomic E-state index is 5.69. The Kier molecular flexibility index (Phi) is 3.22. The average molecular weight is 234 g/mol. The molecule has 1 aromatic heterocycles. The number of rotatable bonds is 3. The molecule has 0 amide bonds. The molecule has 0 unspecified atom stereocenters. The van der Waals surface area contributed by atoms with Crippen LogP contribution in [0, 0.1) is 6.92 Å². The molecule has 0 spiro atoms. The topological polar surface area (TPSA) is 48.1 Å². The largest absolute Gasteiger partial charge is 0.496 e. The van der Waals surface area contributed by atoms with Gasteiger partial charge < -0.3 is 10.5 Å². The van der Waals surface area contributed by atoms with Gasteiger partial charge in [-0.2, -0.15) is 0 Å². The molecule has 2 N–H and O–H groups in total. The van der Waals surface area contributed by atoms with Crippen LogP contribution in [0.3, 0.4) is 0 Å². The van der Waals surface area contributed by atoms with Crippen molar-refractivity contribution in [2.75, 3.05) is 7.11 Å². The summed E-state index contributed by atoms with van der Waals surface area (Å²) in [5.74, 6) is 0.839. The Bertz CT molecular complexity index is 494. The molecule has 0 saturated heterocycles. The Morgan fingerprint density at radius 2 is 2.25 bits per heavy atom. The van der Waals surface area contributed by atoms with Gasteiger partial charge in [-0.3, -0.25) is 0 Å². The van der Waals surface area contributed by atoms with E-state index < -0.39 is 0 Å². The van der Waals surface area contributed by atoms with Crippen LogP contribution >= 0.6 is 11.3 Å². The molecule has 4 heteroatoms. The average Bonchev–Trinajstić information content (AvgIpc) is 2.76. The van der Waals surface area contributed by atoms with Gasteiger partial charge in [0.2, 0.25) is 0 Å². The normalized spacial score (nSPS) is 10.4. The van der Waals surface area contributed by atoms with Gasteiger partial charge in [0.15, 0.2) is 0 Å². The van der Waals surface area contributed by atoms with E-state index in [0.29, 0.717) is 6.54 Å². The third kappa shape index (κ3) is 1.94. The van der Waals surface area contributed by atoms with Gasteiger partial charge in [0.1, 0.15) is 5.75 Å². The van der Waals surface area contributed by atoms with Crippen LogP contribution in [0.5, 0.6) is 5.75 Å². The summed E-state index contributed by atoms with van der Waals surface area (Å²) in [7, 11) is 1.67. The van der Waals surface area contributed by atoms with Gasteiger partial charge in [0.05, 0.1) is 18.3 Å². The molecule has 0 aliphatic carbocycles. The van der Waals surface area contributed by atoms with Crippen LogP contribution in [0.25, 0.3) is 11.3 Å². The van der Waals surface area contributed by atoms with Crippen molar-refractivity contribution in [2.24, 2.45) is 5.73 Å². The Hall–Kier alpha value is -1.39. The number of nitrogens with two attached hydrogens (primary N) is 1. The highest BCUT2D eigenvalue weighted by Gasteiger charge is 2.12. The molecule has 2 aromatic rings. The van der Waals surface area contributed by atoms with Gasteiger partial charge in [-0.25, -0.2) is 4.98 Å². The molecule has 0 atom stereocenters. The first-order chi connectivity index (χ1) is 7.76. The number of methoxy groups -OCH3 is 1. The van der Waals surface area contributed by atoms with E-state index >= 15 is 0 Å². The quantitative estimate of drug-likeness (QED) is 0.888. The van der Waals surface area contributed by atoms with E-state index in [-0.39, 0.29) is 0 Å². The van der Waals surface area contributed by atoms with Crippen LogP contribution in [-0.2, 0) is 6.54 Å². The molecular formula is C12H14N2OS. The highest BCUT2D eigenvalue weighted by atomic mass is 32.1. The molecule has 0 aliphatic rings.